The number of halogens is 1. The Balaban J connectivity index is 1.43. The van der Waals surface area contributed by atoms with Gasteiger partial charge in [-0.15, -0.1) is 4.80 Å². The number of para-hydroxylation sites is 1. The molecule has 1 aromatic carbocycles. The van der Waals surface area contributed by atoms with Crippen molar-refractivity contribution in [2.45, 2.75) is 45.2 Å². The predicted octanol–water partition coefficient (Wildman–Crippen LogP) is 2.56. The van der Waals surface area contributed by atoms with Crippen LogP contribution in [0.2, 0.25) is 0 Å². The Morgan fingerprint density at radius 1 is 1.13 bits per heavy atom. The number of aromatic nitrogens is 5. The Kier molecular flexibility index (Phi) is 4.88. The van der Waals surface area contributed by atoms with E-state index in [-0.39, 0.29) is 29.2 Å². The second-order valence-corrected chi connectivity index (χ2v) is 8.11. The zero-order chi connectivity index (χ0) is 21.5. The molecule has 0 N–H and O–H groups in total. The number of anilines is 1. The third-order valence-electron chi connectivity index (χ3n) is 6.09. The van der Waals surface area contributed by atoms with Gasteiger partial charge >= 0.3 is 0 Å². The number of aryl methyl sites for hydroxylation is 2. The Morgan fingerprint density at radius 2 is 1.84 bits per heavy atom. The SMILES string of the molecule is CCc1cc(C)nc(N2C3CCC2CN(C(=O)c2cccc(F)c2-n2nccn2)C3)n1. The summed E-state index contributed by atoms with van der Waals surface area (Å²) < 4.78 is 14.6. The Morgan fingerprint density at radius 3 is 2.52 bits per heavy atom. The van der Waals surface area contributed by atoms with Gasteiger partial charge in [-0.2, -0.15) is 10.2 Å². The van der Waals surface area contributed by atoms with Crippen LogP contribution in [0.25, 0.3) is 5.69 Å². The van der Waals surface area contributed by atoms with E-state index in [9.17, 15) is 9.18 Å². The van der Waals surface area contributed by atoms with Crippen molar-refractivity contribution in [2.24, 2.45) is 0 Å². The van der Waals surface area contributed by atoms with Crippen LogP contribution in [0, 0.1) is 12.7 Å². The van der Waals surface area contributed by atoms with Crippen LogP contribution in [0.5, 0.6) is 0 Å². The van der Waals surface area contributed by atoms with Crippen molar-refractivity contribution in [1.82, 2.24) is 29.9 Å². The molecule has 0 radical (unpaired) electrons. The van der Waals surface area contributed by atoms with E-state index in [1.807, 2.05) is 17.9 Å². The molecule has 1 amide bonds. The van der Waals surface area contributed by atoms with Crippen molar-refractivity contribution in [3.05, 3.63) is 59.4 Å². The van der Waals surface area contributed by atoms with Crippen LogP contribution in [0.15, 0.2) is 36.7 Å². The standard InChI is InChI=1S/C22H24FN7O/c1-3-15-11-14(2)26-22(27-15)29-16-7-8-17(29)13-28(12-16)21(31)18-5-4-6-19(23)20(18)30-24-9-10-25-30/h4-6,9-11,16-17H,3,7-8,12-13H2,1-2H3. The average Bonchev–Trinajstić information content (AvgIpc) is 3.38. The first-order valence-electron chi connectivity index (χ1n) is 10.6. The number of rotatable bonds is 4. The molecule has 160 valence electrons. The van der Waals surface area contributed by atoms with E-state index in [4.69, 9.17) is 4.98 Å². The van der Waals surface area contributed by atoms with E-state index in [2.05, 4.69) is 27.0 Å². The largest absolute Gasteiger partial charge is 0.334 e. The lowest BCUT2D eigenvalue weighted by atomic mass is 10.1. The maximum atomic E-state index is 14.6. The minimum atomic E-state index is -0.524. The minimum Gasteiger partial charge on any atom is -0.334 e. The summed E-state index contributed by atoms with van der Waals surface area (Å²) in [5.74, 6) is 0.0234. The van der Waals surface area contributed by atoms with Crippen LogP contribution in [0.1, 0.15) is 41.5 Å². The lowest BCUT2D eigenvalue weighted by molar-refractivity contribution is 0.0716. The molecule has 31 heavy (non-hydrogen) atoms. The number of likely N-dealkylation sites (tertiary alicyclic amines) is 1. The van der Waals surface area contributed by atoms with Crippen molar-refractivity contribution < 1.29 is 9.18 Å². The average molecular weight is 421 g/mol. The quantitative estimate of drug-likeness (QED) is 0.644. The monoisotopic (exact) mass is 421 g/mol. The van der Waals surface area contributed by atoms with E-state index < -0.39 is 5.82 Å². The molecule has 2 aliphatic rings. The summed E-state index contributed by atoms with van der Waals surface area (Å²) in [4.78, 5) is 28.1. The molecule has 8 nitrogen and oxygen atoms in total. The highest BCUT2D eigenvalue weighted by atomic mass is 19.1. The van der Waals surface area contributed by atoms with Gasteiger partial charge in [0, 0.05) is 36.6 Å². The summed E-state index contributed by atoms with van der Waals surface area (Å²) in [5.41, 5.74) is 2.33. The molecule has 4 heterocycles. The third-order valence-corrected chi connectivity index (χ3v) is 6.09. The molecular weight excluding hydrogens is 397 g/mol. The first-order chi connectivity index (χ1) is 15.0. The van der Waals surface area contributed by atoms with E-state index in [0.29, 0.717) is 13.1 Å². The number of fused-ring (bicyclic) bond motifs is 2. The number of nitrogens with zero attached hydrogens (tertiary/aromatic N) is 7. The smallest absolute Gasteiger partial charge is 0.256 e. The minimum absolute atomic E-state index is 0.0851. The Labute approximate surface area is 179 Å². The van der Waals surface area contributed by atoms with Gasteiger partial charge in [-0.05, 0) is 44.4 Å². The Hall–Kier alpha value is -3.36. The van der Waals surface area contributed by atoms with Crippen molar-refractivity contribution in [2.75, 3.05) is 18.0 Å². The fourth-order valence-electron chi connectivity index (χ4n) is 4.70. The first-order valence-corrected chi connectivity index (χ1v) is 10.6. The van der Waals surface area contributed by atoms with Crippen LogP contribution in [-0.4, -0.2) is 60.9 Å². The van der Waals surface area contributed by atoms with E-state index in [0.717, 1.165) is 36.6 Å². The molecule has 5 rings (SSSR count). The molecule has 2 saturated heterocycles. The fourth-order valence-corrected chi connectivity index (χ4v) is 4.70. The number of benzene rings is 1. The number of carbonyl (C=O) groups is 1. The van der Waals surface area contributed by atoms with Gasteiger partial charge in [0.25, 0.3) is 5.91 Å². The summed E-state index contributed by atoms with van der Waals surface area (Å²) >= 11 is 0. The molecule has 2 bridgehead atoms. The van der Waals surface area contributed by atoms with Gasteiger partial charge in [0.1, 0.15) is 5.69 Å². The molecule has 2 fully saturated rings. The molecule has 0 aliphatic carbocycles. The highest BCUT2D eigenvalue weighted by Crippen LogP contribution is 2.34. The topological polar surface area (TPSA) is 80.0 Å². The van der Waals surface area contributed by atoms with Crippen molar-refractivity contribution >= 4 is 11.9 Å². The van der Waals surface area contributed by atoms with Crippen molar-refractivity contribution in [1.29, 1.82) is 0 Å². The summed E-state index contributed by atoms with van der Waals surface area (Å²) in [6.07, 6.45) is 5.74. The van der Waals surface area contributed by atoms with Crippen molar-refractivity contribution in [3.63, 3.8) is 0 Å². The van der Waals surface area contributed by atoms with Crippen LogP contribution in [-0.2, 0) is 6.42 Å². The number of amides is 1. The number of hydrogen-bond donors (Lipinski definition) is 0. The molecular formula is C22H24FN7O. The highest BCUT2D eigenvalue weighted by Gasteiger charge is 2.43. The third kappa shape index (κ3) is 3.43. The van der Waals surface area contributed by atoms with Crippen LogP contribution in [0.3, 0.4) is 0 Å². The first kappa shape index (κ1) is 19.6. The fraction of sp³-hybridized carbons (Fsp3) is 0.409. The molecule has 3 aromatic rings. The van der Waals surface area contributed by atoms with Gasteiger partial charge in [-0.1, -0.05) is 13.0 Å². The summed E-state index contributed by atoms with van der Waals surface area (Å²) in [6.45, 7) is 5.18. The summed E-state index contributed by atoms with van der Waals surface area (Å²) in [6, 6.07) is 6.81. The predicted molar refractivity (Wildman–Crippen MR) is 113 cm³/mol. The Bertz CT molecular complexity index is 1100. The van der Waals surface area contributed by atoms with Gasteiger partial charge in [0.15, 0.2) is 5.82 Å². The second kappa shape index (κ2) is 7.72. The summed E-state index contributed by atoms with van der Waals surface area (Å²) in [7, 11) is 0. The van der Waals surface area contributed by atoms with Gasteiger partial charge < -0.3 is 9.80 Å². The summed E-state index contributed by atoms with van der Waals surface area (Å²) in [5, 5.41) is 8.05. The number of piperazine rings is 1. The number of carbonyl (C=O) groups excluding carboxylic acids is 1. The van der Waals surface area contributed by atoms with Gasteiger partial charge in [0.2, 0.25) is 5.95 Å². The lowest BCUT2D eigenvalue weighted by Crippen LogP contribution is -2.56. The van der Waals surface area contributed by atoms with Crippen LogP contribution in [0.4, 0.5) is 10.3 Å². The van der Waals surface area contributed by atoms with Gasteiger partial charge in [-0.25, -0.2) is 14.4 Å². The zero-order valence-electron chi connectivity index (χ0n) is 17.6. The maximum absolute atomic E-state index is 14.6. The van der Waals surface area contributed by atoms with E-state index in [1.54, 1.807) is 12.1 Å². The molecule has 0 saturated carbocycles. The highest BCUT2D eigenvalue weighted by molar-refractivity contribution is 5.98. The number of hydrogen-bond acceptors (Lipinski definition) is 6. The van der Waals surface area contributed by atoms with Gasteiger partial charge in [-0.3, -0.25) is 4.79 Å². The molecule has 0 spiro atoms. The maximum Gasteiger partial charge on any atom is 0.256 e. The molecule has 2 aromatic heterocycles. The van der Waals surface area contributed by atoms with Crippen molar-refractivity contribution in [3.8, 4) is 5.69 Å². The van der Waals surface area contributed by atoms with E-state index in [1.165, 1.54) is 23.3 Å². The van der Waals surface area contributed by atoms with Gasteiger partial charge in [0.05, 0.1) is 18.0 Å². The normalized spacial score (nSPS) is 20.4. The molecule has 2 atom stereocenters. The molecule has 2 aliphatic heterocycles. The molecule has 9 heteroatoms. The van der Waals surface area contributed by atoms with E-state index >= 15 is 0 Å². The zero-order valence-corrected chi connectivity index (χ0v) is 17.6. The lowest BCUT2D eigenvalue weighted by Gasteiger charge is -2.41. The van der Waals surface area contributed by atoms with Crippen LogP contribution >= 0.6 is 0 Å². The second-order valence-electron chi connectivity index (χ2n) is 8.11. The van der Waals surface area contributed by atoms with Crippen LogP contribution < -0.4 is 4.90 Å². The molecule has 2 unspecified atom stereocenters.